The fourth-order valence-corrected chi connectivity index (χ4v) is 5.97. The zero-order valence-electron chi connectivity index (χ0n) is 21.9. The fraction of sp³-hybridized carbons (Fsp3) is 0.367. The number of likely N-dealkylation sites (N-methyl/N-ethyl adjacent to an activating group) is 1. The Balaban J connectivity index is 1.19. The summed E-state index contributed by atoms with van der Waals surface area (Å²) in [5.41, 5.74) is 9.34. The fourth-order valence-electron chi connectivity index (χ4n) is 5.97. The highest BCUT2D eigenvalue weighted by Gasteiger charge is 2.19. The Morgan fingerprint density at radius 1 is 0.974 bits per heavy atom. The molecule has 3 aromatic heterocycles. The number of nitrogens with zero attached hydrogens (tertiary/aromatic N) is 6. The van der Waals surface area contributed by atoms with Crippen LogP contribution in [0.4, 0.5) is 5.69 Å². The van der Waals surface area contributed by atoms with E-state index in [1.54, 1.807) is 0 Å². The molecule has 1 atom stereocenters. The molecule has 5 aromatic rings. The molecule has 2 aliphatic heterocycles. The first kappa shape index (κ1) is 23.4. The monoisotopic (exact) mass is 506 g/mol. The van der Waals surface area contributed by atoms with Crippen molar-refractivity contribution in [3.8, 4) is 22.4 Å². The Morgan fingerprint density at radius 2 is 1.82 bits per heavy atom. The number of imidazole rings is 1. The maximum atomic E-state index is 5.08. The molecule has 5 heterocycles. The Kier molecular flexibility index (Phi) is 6.06. The molecule has 8 nitrogen and oxygen atoms in total. The van der Waals surface area contributed by atoms with E-state index >= 15 is 0 Å². The maximum Gasteiger partial charge on any atom is 0.156 e. The van der Waals surface area contributed by atoms with Crippen molar-refractivity contribution < 1.29 is 0 Å². The molecule has 0 spiro atoms. The molecule has 0 bridgehead atoms. The van der Waals surface area contributed by atoms with Gasteiger partial charge in [-0.15, -0.1) is 0 Å². The maximum absolute atomic E-state index is 5.08. The summed E-state index contributed by atoms with van der Waals surface area (Å²) >= 11 is 0. The van der Waals surface area contributed by atoms with Gasteiger partial charge in [0.2, 0.25) is 0 Å². The van der Waals surface area contributed by atoms with Crippen molar-refractivity contribution in [3.63, 3.8) is 0 Å². The van der Waals surface area contributed by atoms with Crippen molar-refractivity contribution in [2.45, 2.75) is 25.8 Å². The molecule has 194 valence electrons. The molecule has 8 heteroatoms. The van der Waals surface area contributed by atoms with Gasteiger partial charge in [0.15, 0.2) is 5.65 Å². The van der Waals surface area contributed by atoms with Crippen LogP contribution in [0.25, 0.3) is 44.6 Å². The van der Waals surface area contributed by atoms with E-state index in [0.717, 1.165) is 84.9 Å². The van der Waals surface area contributed by atoms with Crippen molar-refractivity contribution >= 4 is 27.9 Å². The number of fused-ring (bicyclic) bond motifs is 2. The summed E-state index contributed by atoms with van der Waals surface area (Å²) in [6, 6.07) is 15.7. The quantitative estimate of drug-likeness (QED) is 0.360. The van der Waals surface area contributed by atoms with Crippen LogP contribution in [0.3, 0.4) is 0 Å². The Bertz CT molecular complexity index is 1550. The SMILES string of the molecule is CCN1CCN(c2ccc(-c3cnc4[nH]cc(-c5ccc6ncn(C7CCCNC7)c6c5)c4n3)cc2)CC1. The highest BCUT2D eigenvalue weighted by Crippen LogP contribution is 2.32. The second-order valence-corrected chi connectivity index (χ2v) is 10.5. The Morgan fingerprint density at radius 3 is 2.61 bits per heavy atom. The van der Waals surface area contributed by atoms with Crippen molar-refractivity contribution in [2.75, 3.05) is 50.7 Å². The van der Waals surface area contributed by atoms with E-state index in [2.05, 4.69) is 79.0 Å². The highest BCUT2D eigenvalue weighted by atomic mass is 15.3. The minimum Gasteiger partial charge on any atom is -0.369 e. The summed E-state index contributed by atoms with van der Waals surface area (Å²) < 4.78 is 2.33. The second kappa shape index (κ2) is 9.85. The van der Waals surface area contributed by atoms with Gasteiger partial charge in [-0.25, -0.2) is 15.0 Å². The van der Waals surface area contributed by atoms with Crippen LogP contribution in [0.1, 0.15) is 25.8 Å². The zero-order valence-corrected chi connectivity index (χ0v) is 21.9. The van der Waals surface area contributed by atoms with Crippen molar-refractivity contribution in [2.24, 2.45) is 0 Å². The third-order valence-electron chi connectivity index (χ3n) is 8.28. The molecule has 0 saturated carbocycles. The summed E-state index contributed by atoms with van der Waals surface area (Å²) in [6.07, 6.45) is 8.26. The smallest absolute Gasteiger partial charge is 0.156 e. The lowest BCUT2D eigenvalue weighted by Crippen LogP contribution is -2.46. The lowest BCUT2D eigenvalue weighted by molar-refractivity contribution is 0.271. The van der Waals surface area contributed by atoms with E-state index in [1.807, 2.05) is 18.7 Å². The summed E-state index contributed by atoms with van der Waals surface area (Å²) in [6.45, 7) is 9.86. The molecule has 1 unspecified atom stereocenters. The Hall–Kier alpha value is -3.75. The van der Waals surface area contributed by atoms with Gasteiger partial charge >= 0.3 is 0 Å². The number of hydrogen-bond acceptors (Lipinski definition) is 6. The average molecular weight is 507 g/mol. The van der Waals surface area contributed by atoms with Crippen molar-refractivity contribution in [3.05, 3.63) is 61.2 Å². The minimum absolute atomic E-state index is 0.442. The standard InChI is InChI=1S/C30H34N8/c1-2-36-12-14-37(15-13-36)23-8-5-21(6-9-23)27-19-33-30-29(35-27)25(18-32-30)22-7-10-26-28(16-22)38(20-34-26)24-4-3-11-31-17-24/h5-10,16,18-20,24,31H,2-4,11-15,17H2,1H3,(H,32,33). The summed E-state index contributed by atoms with van der Waals surface area (Å²) in [5.74, 6) is 0. The first-order valence-electron chi connectivity index (χ1n) is 13.9. The summed E-state index contributed by atoms with van der Waals surface area (Å²) in [5, 5.41) is 3.53. The number of aromatic nitrogens is 5. The molecule has 2 aromatic carbocycles. The first-order chi connectivity index (χ1) is 18.8. The van der Waals surface area contributed by atoms with Gasteiger partial charge in [0.25, 0.3) is 0 Å². The normalized spacial score (nSPS) is 19.0. The predicted octanol–water partition coefficient (Wildman–Crippen LogP) is 4.71. The molecule has 0 amide bonds. The van der Waals surface area contributed by atoms with Gasteiger partial charge in [-0.2, -0.15) is 0 Å². The third-order valence-corrected chi connectivity index (χ3v) is 8.28. The van der Waals surface area contributed by atoms with Crippen LogP contribution in [0.5, 0.6) is 0 Å². The van der Waals surface area contributed by atoms with Gasteiger partial charge in [-0.3, -0.25) is 0 Å². The zero-order chi connectivity index (χ0) is 25.5. The summed E-state index contributed by atoms with van der Waals surface area (Å²) in [7, 11) is 0. The largest absolute Gasteiger partial charge is 0.369 e. The molecule has 38 heavy (non-hydrogen) atoms. The molecular formula is C30H34N8. The van der Waals surface area contributed by atoms with Gasteiger partial charge in [-0.1, -0.05) is 25.1 Å². The molecular weight excluding hydrogens is 472 g/mol. The number of piperazine rings is 1. The number of aromatic amines is 1. The van der Waals surface area contributed by atoms with E-state index in [-0.39, 0.29) is 0 Å². The van der Waals surface area contributed by atoms with Gasteiger partial charge in [0.05, 0.1) is 29.3 Å². The number of H-pyrrole nitrogens is 1. The number of hydrogen-bond donors (Lipinski definition) is 2. The first-order valence-corrected chi connectivity index (χ1v) is 13.9. The van der Waals surface area contributed by atoms with Gasteiger partial charge in [0.1, 0.15) is 5.52 Å². The molecule has 0 radical (unpaired) electrons. The number of benzene rings is 2. The van der Waals surface area contributed by atoms with Crippen LogP contribution in [0, 0.1) is 0 Å². The van der Waals surface area contributed by atoms with Crippen LogP contribution in [-0.2, 0) is 0 Å². The van der Waals surface area contributed by atoms with Crippen molar-refractivity contribution in [1.82, 2.24) is 34.7 Å². The lowest BCUT2D eigenvalue weighted by atomic mass is 10.1. The van der Waals surface area contributed by atoms with Crippen LogP contribution >= 0.6 is 0 Å². The predicted molar refractivity (Wildman–Crippen MR) is 154 cm³/mol. The molecule has 2 fully saturated rings. The molecule has 0 aliphatic carbocycles. The Labute approximate surface area is 222 Å². The van der Waals surface area contributed by atoms with Gasteiger partial charge in [0, 0.05) is 61.8 Å². The second-order valence-electron chi connectivity index (χ2n) is 10.5. The summed E-state index contributed by atoms with van der Waals surface area (Å²) in [4.78, 5) is 22.8. The number of anilines is 1. The van der Waals surface area contributed by atoms with Crippen molar-refractivity contribution in [1.29, 1.82) is 0 Å². The van der Waals surface area contributed by atoms with Gasteiger partial charge in [-0.05, 0) is 55.8 Å². The van der Waals surface area contributed by atoms with Crippen LogP contribution < -0.4 is 10.2 Å². The van der Waals surface area contributed by atoms with Crippen LogP contribution in [0.15, 0.2) is 61.2 Å². The molecule has 2 N–H and O–H groups in total. The van der Waals surface area contributed by atoms with Gasteiger partial charge < -0.3 is 24.7 Å². The molecule has 2 aliphatic rings. The topological polar surface area (TPSA) is 77.9 Å². The van der Waals surface area contributed by atoms with E-state index < -0.39 is 0 Å². The lowest BCUT2D eigenvalue weighted by Gasteiger charge is -2.35. The minimum atomic E-state index is 0.442. The highest BCUT2D eigenvalue weighted by molar-refractivity contribution is 5.94. The molecule has 7 rings (SSSR count). The molecule has 2 saturated heterocycles. The van der Waals surface area contributed by atoms with E-state index in [4.69, 9.17) is 9.97 Å². The average Bonchev–Trinajstić information content (AvgIpc) is 3.61. The number of rotatable bonds is 5. The van der Waals surface area contributed by atoms with E-state index in [9.17, 15) is 0 Å². The number of nitrogens with one attached hydrogen (secondary N) is 2. The van der Waals surface area contributed by atoms with Crippen LogP contribution in [-0.4, -0.2) is 75.2 Å². The van der Waals surface area contributed by atoms with E-state index in [0.29, 0.717) is 6.04 Å². The third kappa shape index (κ3) is 4.23. The van der Waals surface area contributed by atoms with Crippen LogP contribution in [0.2, 0.25) is 0 Å². The van der Waals surface area contributed by atoms with E-state index in [1.165, 1.54) is 24.0 Å². The number of piperidine rings is 1.